The maximum Gasteiger partial charge on any atom is 0.260 e. The zero-order chi connectivity index (χ0) is 15.4. The molecule has 0 spiro atoms. The van der Waals surface area contributed by atoms with E-state index in [1.165, 1.54) is 18.2 Å². The molecule has 0 bridgehead atoms. The molecule has 21 heavy (non-hydrogen) atoms. The molecule has 3 amide bonds. The van der Waals surface area contributed by atoms with Crippen LogP contribution in [0.25, 0.3) is 0 Å². The summed E-state index contributed by atoms with van der Waals surface area (Å²) in [5, 5.41) is 2.57. The summed E-state index contributed by atoms with van der Waals surface area (Å²) in [5.41, 5.74) is 5.95. The quantitative estimate of drug-likeness (QED) is 0.736. The summed E-state index contributed by atoms with van der Waals surface area (Å²) in [6.45, 7) is 0.681. The minimum absolute atomic E-state index is 0.00485. The number of hydrogen-bond donors (Lipinski definition) is 2. The number of halogens is 1. The zero-order valence-electron chi connectivity index (χ0n) is 11.4. The van der Waals surface area contributed by atoms with Crippen molar-refractivity contribution in [2.45, 2.75) is 12.8 Å². The summed E-state index contributed by atoms with van der Waals surface area (Å²) in [6.07, 6.45) is -0.0166. The van der Waals surface area contributed by atoms with E-state index in [0.29, 0.717) is 24.2 Å². The van der Waals surface area contributed by atoms with Crippen LogP contribution in [0.15, 0.2) is 18.2 Å². The van der Waals surface area contributed by atoms with Gasteiger partial charge in [-0.2, -0.15) is 0 Å². The predicted molar refractivity (Wildman–Crippen MR) is 72.8 cm³/mol. The van der Waals surface area contributed by atoms with E-state index in [0.717, 1.165) is 4.90 Å². The molecule has 0 radical (unpaired) electrons. The molecule has 1 aliphatic rings. The second kappa shape index (κ2) is 6.45. The van der Waals surface area contributed by atoms with Gasteiger partial charge in [0.1, 0.15) is 5.82 Å². The van der Waals surface area contributed by atoms with E-state index in [4.69, 9.17) is 5.73 Å². The molecule has 7 heteroatoms. The number of amides is 3. The predicted octanol–water partition coefficient (Wildman–Crippen LogP) is -0.184. The van der Waals surface area contributed by atoms with Crippen LogP contribution in [0.2, 0.25) is 0 Å². The Labute approximate surface area is 121 Å². The number of carbonyl (C=O) groups is 3. The minimum Gasteiger partial charge on any atom is -0.355 e. The second-order valence-corrected chi connectivity index (χ2v) is 4.72. The molecule has 0 unspecified atom stereocenters. The number of carbonyl (C=O) groups excluding carboxylic acids is 3. The van der Waals surface area contributed by atoms with Gasteiger partial charge in [-0.25, -0.2) is 4.39 Å². The molecule has 0 aromatic heterocycles. The fourth-order valence-corrected chi connectivity index (χ4v) is 2.17. The van der Waals surface area contributed by atoms with Crippen molar-refractivity contribution in [2.75, 3.05) is 19.6 Å². The summed E-state index contributed by atoms with van der Waals surface area (Å²) in [4.78, 5) is 36.6. The van der Waals surface area contributed by atoms with Crippen LogP contribution in [-0.4, -0.2) is 42.3 Å². The van der Waals surface area contributed by atoms with Crippen LogP contribution in [0, 0.1) is 5.82 Å². The van der Waals surface area contributed by atoms with Crippen molar-refractivity contribution in [1.82, 2.24) is 10.2 Å². The molecule has 1 aromatic rings. The summed E-state index contributed by atoms with van der Waals surface area (Å²) >= 11 is 0. The van der Waals surface area contributed by atoms with Gasteiger partial charge in [-0.15, -0.1) is 0 Å². The lowest BCUT2D eigenvalue weighted by atomic mass is 9.98. The maximum absolute atomic E-state index is 13.1. The molecule has 0 atom stereocenters. The minimum atomic E-state index is -0.493. The Bertz CT molecular complexity index is 589. The van der Waals surface area contributed by atoms with Crippen molar-refractivity contribution in [3.8, 4) is 0 Å². The van der Waals surface area contributed by atoms with Gasteiger partial charge in [-0.1, -0.05) is 0 Å². The van der Waals surface area contributed by atoms with Gasteiger partial charge in [0.25, 0.3) is 5.91 Å². The molecule has 112 valence electrons. The van der Waals surface area contributed by atoms with Gasteiger partial charge in [0.05, 0.1) is 6.42 Å². The summed E-state index contributed by atoms with van der Waals surface area (Å²) in [7, 11) is 0. The molecule has 2 rings (SSSR count). The van der Waals surface area contributed by atoms with Crippen molar-refractivity contribution >= 4 is 17.7 Å². The van der Waals surface area contributed by atoms with Crippen LogP contribution in [-0.2, 0) is 16.0 Å². The molecular weight excluding hydrogens is 277 g/mol. The summed E-state index contributed by atoms with van der Waals surface area (Å²) in [6, 6.07) is 3.73. The van der Waals surface area contributed by atoms with E-state index in [9.17, 15) is 18.8 Å². The number of nitrogens with one attached hydrogen (secondary N) is 1. The zero-order valence-corrected chi connectivity index (χ0v) is 11.4. The average Bonchev–Trinajstić information content (AvgIpc) is 2.44. The van der Waals surface area contributed by atoms with Gasteiger partial charge in [0.2, 0.25) is 11.8 Å². The monoisotopic (exact) mass is 293 g/mol. The smallest absolute Gasteiger partial charge is 0.260 e. The standard InChI is InChI=1S/C14H16FN3O3/c15-10-1-2-11-9(7-10)8-13(20)18(14(11)21)6-3-12(19)17-5-4-16/h1-2,7H,3-6,8,16H2,(H,17,19). The van der Waals surface area contributed by atoms with Gasteiger partial charge >= 0.3 is 0 Å². The van der Waals surface area contributed by atoms with Crippen LogP contribution in [0.5, 0.6) is 0 Å². The first-order valence-corrected chi connectivity index (χ1v) is 6.63. The van der Waals surface area contributed by atoms with Crippen LogP contribution < -0.4 is 11.1 Å². The van der Waals surface area contributed by atoms with Crippen molar-refractivity contribution in [3.63, 3.8) is 0 Å². The first-order chi connectivity index (χ1) is 10.0. The van der Waals surface area contributed by atoms with Crippen LogP contribution in [0.3, 0.4) is 0 Å². The highest BCUT2D eigenvalue weighted by Gasteiger charge is 2.31. The normalized spacial score (nSPS) is 14.1. The van der Waals surface area contributed by atoms with Crippen molar-refractivity contribution in [3.05, 3.63) is 35.1 Å². The van der Waals surface area contributed by atoms with E-state index in [1.54, 1.807) is 0 Å². The Morgan fingerprint density at radius 3 is 2.86 bits per heavy atom. The molecule has 0 aliphatic carbocycles. The molecule has 1 aromatic carbocycles. The highest BCUT2D eigenvalue weighted by Crippen LogP contribution is 2.21. The average molecular weight is 293 g/mol. The maximum atomic E-state index is 13.1. The number of nitrogens with zero attached hydrogens (tertiary/aromatic N) is 1. The number of nitrogens with two attached hydrogens (primary N) is 1. The lowest BCUT2D eigenvalue weighted by Crippen LogP contribution is -2.44. The first kappa shape index (κ1) is 15.1. The Kier molecular flexibility index (Phi) is 4.64. The molecule has 3 N–H and O–H groups in total. The third kappa shape index (κ3) is 3.43. The molecular formula is C14H16FN3O3. The summed E-state index contributed by atoms with van der Waals surface area (Å²) in [5.74, 6) is -1.67. The van der Waals surface area contributed by atoms with Crippen LogP contribution in [0.4, 0.5) is 4.39 Å². The molecule has 1 aliphatic heterocycles. The number of hydrogen-bond acceptors (Lipinski definition) is 4. The van der Waals surface area contributed by atoms with E-state index in [1.807, 2.05) is 0 Å². The Hall–Kier alpha value is -2.28. The van der Waals surface area contributed by atoms with Gasteiger partial charge < -0.3 is 11.1 Å². The largest absolute Gasteiger partial charge is 0.355 e. The van der Waals surface area contributed by atoms with Gasteiger partial charge in [0, 0.05) is 31.6 Å². The van der Waals surface area contributed by atoms with Crippen molar-refractivity contribution < 1.29 is 18.8 Å². The molecule has 0 saturated heterocycles. The highest BCUT2D eigenvalue weighted by molar-refractivity contribution is 6.09. The lowest BCUT2D eigenvalue weighted by molar-refractivity contribution is -0.129. The number of rotatable bonds is 5. The third-order valence-corrected chi connectivity index (χ3v) is 3.21. The van der Waals surface area contributed by atoms with Crippen molar-refractivity contribution in [1.29, 1.82) is 0 Å². The van der Waals surface area contributed by atoms with E-state index >= 15 is 0 Å². The van der Waals surface area contributed by atoms with Gasteiger partial charge in [-0.3, -0.25) is 19.3 Å². The van der Waals surface area contributed by atoms with Crippen LogP contribution >= 0.6 is 0 Å². The second-order valence-electron chi connectivity index (χ2n) is 4.72. The highest BCUT2D eigenvalue weighted by atomic mass is 19.1. The first-order valence-electron chi connectivity index (χ1n) is 6.63. The van der Waals surface area contributed by atoms with Gasteiger partial charge in [-0.05, 0) is 23.8 Å². The van der Waals surface area contributed by atoms with E-state index in [2.05, 4.69) is 5.32 Å². The fourth-order valence-electron chi connectivity index (χ4n) is 2.17. The lowest BCUT2D eigenvalue weighted by Gasteiger charge is -2.26. The van der Waals surface area contributed by atoms with Gasteiger partial charge in [0.15, 0.2) is 0 Å². The van der Waals surface area contributed by atoms with E-state index < -0.39 is 17.6 Å². The van der Waals surface area contributed by atoms with Crippen LogP contribution in [0.1, 0.15) is 22.3 Å². The molecule has 6 nitrogen and oxygen atoms in total. The fraction of sp³-hybridized carbons (Fsp3) is 0.357. The Balaban J connectivity index is 2.05. The SMILES string of the molecule is NCCNC(=O)CCN1C(=O)Cc2cc(F)ccc2C1=O. The number of imide groups is 1. The number of benzene rings is 1. The summed E-state index contributed by atoms with van der Waals surface area (Å²) < 4.78 is 13.1. The van der Waals surface area contributed by atoms with Crippen molar-refractivity contribution in [2.24, 2.45) is 5.73 Å². The molecule has 0 saturated carbocycles. The topological polar surface area (TPSA) is 92.5 Å². The third-order valence-electron chi connectivity index (χ3n) is 3.21. The Morgan fingerprint density at radius 2 is 2.14 bits per heavy atom. The van der Waals surface area contributed by atoms with E-state index in [-0.39, 0.29) is 25.3 Å². The molecule has 1 heterocycles. The number of fused-ring (bicyclic) bond motifs is 1. The Morgan fingerprint density at radius 1 is 1.38 bits per heavy atom. The molecule has 0 fully saturated rings.